The molecule has 7 heteroatoms. The van der Waals surface area contributed by atoms with Gasteiger partial charge in [-0.15, -0.1) is 0 Å². The molecule has 0 aromatic heterocycles. The first-order valence-electron chi connectivity index (χ1n) is 10.7. The van der Waals surface area contributed by atoms with Gasteiger partial charge in [0.1, 0.15) is 12.4 Å². The largest absolute Gasteiger partial charge is 0.375 e. The summed E-state index contributed by atoms with van der Waals surface area (Å²) in [5.41, 5.74) is 0.799. The number of nitrogens with zero attached hydrogens (tertiary/aromatic N) is 2. The second-order valence-electron chi connectivity index (χ2n) is 8.42. The maximum Gasteiger partial charge on any atom is 0.246 e. The molecule has 5 nitrogen and oxygen atoms in total. The van der Waals surface area contributed by atoms with E-state index in [2.05, 4.69) is 22.0 Å². The Morgan fingerprint density at radius 3 is 2.72 bits per heavy atom. The summed E-state index contributed by atoms with van der Waals surface area (Å²) in [5.74, 6) is 0.366. The number of rotatable bonds is 7. The van der Waals surface area contributed by atoms with Gasteiger partial charge in [0.05, 0.1) is 10.7 Å². The summed E-state index contributed by atoms with van der Waals surface area (Å²) in [6, 6.07) is 5.64. The number of halogens is 2. The molecule has 1 aromatic carbocycles. The summed E-state index contributed by atoms with van der Waals surface area (Å²) in [6.07, 6.45) is 5.66. The molecular formula is C22H33ClFN3O2. The summed E-state index contributed by atoms with van der Waals surface area (Å²) in [4.78, 5) is 16.4. The van der Waals surface area contributed by atoms with Crippen LogP contribution in [0.5, 0.6) is 0 Å². The number of carbonyl (C=O) groups is 1. The molecule has 0 radical (unpaired) electrons. The van der Waals surface area contributed by atoms with Gasteiger partial charge >= 0.3 is 0 Å². The van der Waals surface area contributed by atoms with Crippen molar-refractivity contribution >= 4 is 23.2 Å². The molecule has 1 aromatic rings. The molecule has 1 saturated carbocycles. The van der Waals surface area contributed by atoms with E-state index in [1.165, 1.54) is 25.3 Å². The molecule has 3 rings (SSSR count). The van der Waals surface area contributed by atoms with Crippen molar-refractivity contribution in [2.45, 2.75) is 51.1 Å². The van der Waals surface area contributed by atoms with Crippen LogP contribution in [0.1, 0.15) is 39.0 Å². The van der Waals surface area contributed by atoms with Gasteiger partial charge in [0.15, 0.2) is 0 Å². The number of amides is 1. The average molecular weight is 426 g/mol. The van der Waals surface area contributed by atoms with Crippen LogP contribution < -0.4 is 10.2 Å². The Morgan fingerprint density at radius 1 is 1.28 bits per heavy atom. The standard InChI is InChI=1S/C22H33ClFN3O2/c1-16-14-26(12-13-27(16)20-5-3-4-19(24)22(20)23)11-10-17-6-8-18(9-7-17)25-21(28)15-29-2/h3-5,16-18H,6-15H2,1-2H3,(H,25,28)/t16-,17-,18-/m1/s1. The summed E-state index contributed by atoms with van der Waals surface area (Å²) < 4.78 is 18.7. The maximum absolute atomic E-state index is 13.8. The third-order valence-electron chi connectivity index (χ3n) is 6.29. The highest BCUT2D eigenvalue weighted by Crippen LogP contribution is 2.31. The highest BCUT2D eigenvalue weighted by molar-refractivity contribution is 6.33. The molecule has 1 atom stereocenters. The van der Waals surface area contributed by atoms with Crippen LogP contribution in [0, 0.1) is 11.7 Å². The van der Waals surface area contributed by atoms with Crippen molar-refractivity contribution in [2.24, 2.45) is 5.92 Å². The van der Waals surface area contributed by atoms with E-state index in [0.717, 1.165) is 50.6 Å². The van der Waals surface area contributed by atoms with E-state index in [1.807, 2.05) is 6.07 Å². The minimum Gasteiger partial charge on any atom is -0.375 e. The number of hydrogen-bond acceptors (Lipinski definition) is 4. The van der Waals surface area contributed by atoms with Gasteiger partial charge in [-0.2, -0.15) is 0 Å². The minimum atomic E-state index is -0.354. The van der Waals surface area contributed by atoms with E-state index in [-0.39, 0.29) is 23.4 Å². The van der Waals surface area contributed by atoms with Gasteiger partial charge in [0.2, 0.25) is 5.91 Å². The van der Waals surface area contributed by atoms with Gasteiger partial charge in [0.25, 0.3) is 0 Å². The van der Waals surface area contributed by atoms with E-state index >= 15 is 0 Å². The molecule has 29 heavy (non-hydrogen) atoms. The van der Waals surface area contributed by atoms with Gasteiger partial charge in [-0.1, -0.05) is 17.7 Å². The second kappa shape index (κ2) is 10.6. The number of piperazine rings is 1. The number of ether oxygens (including phenoxy) is 1. The molecule has 1 N–H and O–H groups in total. The van der Waals surface area contributed by atoms with Gasteiger partial charge in [0, 0.05) is 38.8 Å². The van der Waals surface area contributed by atoms with Gasteiger partial charge in [-0.25, -0.2) is 4.39 Å². The number of methoxy groups -OCH3 is 1. The first kappa shape index (κ1) is 22.3. The Hall–Kier alpha value is -1.37. The van der Waals surface area contributed by atoms with Crippen molar-refractivity contribution in [3.63, 3.8) is 0 Å². The molecule has 2 aliphatic rings. The molecule has 162 valence electrons. The van der Waals surface area contributed by atoms with Crippen LogP contribution in [0.4, 0.5) is 10.1 Å². The second-order valence-corrected chi connectivity index (χ2v) is 8.80. The van der Waals surface area contributed by atoms with Crippen molar-refractivity contribution in [3.8, 4) is 0 Å². The van der Waals surface area contributed by atoms with Crippen molar-refractivity contribution in [3.05, 3.63) is 29.0 Å². The van der Waals surface area contributed by atoms with Crippen LogP contribution >= 0.6 is 11.6 Å². The molecule has 2 fully saturated rings. The van der Waals surface area contributed by atoms with Crippen molar-refractivity contribution < 1.29 is 13.9 Å². The van der Waals surface area contributed by atoms with Crippen LogP contribution in [-0.2, 0) is 9.53 Å². The smallest absolute Gasteiger partial charge is 0.246 e. The number of carbonyl (C=O) groups excluding carboxylic acids is 1. The third-order valence-corrected chi connectivity index (χ3v) is 6.67. The zero-order valence-corrected chi connectivity index (χ0v) is 18.3. The van der Waals surface area contributed by atoms with Crippen LogP contribution in [0.2, 0.25) is 5.02 Å². The van der Waals surface area contributed by atoms with Gasteiger partial charge in [-0.05, 0) is 63.6 Å². The summed E-state index contributed by atoms with van der Waals surface area (Å²) in [5, 5.41) is 3.29. The van der Waals surface area contributed by atoms with E-state index in [9.17, 15) is 9.18 Å². The summed E-state index contributed by atoms with van der Waals surface area (Å²) >= 11 is 6.19. The highest BCUT2D eigenvalue weighted by Gasteiger charge is 2.27. The van der Waals surface area contributed by atoms with E-state index in [0.29, 0.717) is 12.1 Å². The Kier molecular flexibility index (Phi) is 8.16. The fraction of sp³-hybridized carbons (Fsp3) is 0.682. The summed E-state index contributed by atoms with van der Waals surface area (Å²) in [6.45, 7) is 6.23. The highest BCUT2D eigenvalue weighted by atomic mass is 35.5. The SMILES string of the molecule is COCC(=O)N[C@H]1CC[C@H](CCN2CCN(c3cccc(F)c3Cl)[C@H](C)C2)CC1. The normalized spacial score (nSPS) is 25.8. The lowest BCUT2D eigenvalue weighted by atomic mass is 9.84. The lowest BCUT2D eigenvalue weighted by molar-refractivity contribution is -0.125. The van der Waals surface area contributed by atoms with Crippen LogP contribution in [-0.4, -0.2) is 62.8 Å². The Bertz CT molecular complexity index is 682. The number of nitrogens with one attached hydrogen (secondary N) is 1. The first-order valence-corrected chi connectivity index (χ1v) is 11.1. The van der Waals surface area contributed by atoms with Gasteiger partial charge < -0.3 is 15.0 Å². The predicted molar refractivity (Wildman–Crippen MR) is 115 cm³/mol. The van der Waals surface area contributed by atoms with E-state index in [4.69, 9.17) is 16.3 Å². The number of anilines is 1. The fourth-order valence-corrected chi connectivity index (χ4v) is 4.90. The topological polar surface area (TPSA) is 44.8 Å². The Labute approximate surface area is 178 Å². The number of benzene rings is 1. The molecular weight excluding hydrogens is 393 g/mol. The average Bonchev–Trinajstić information content (AvgIpc) is 2.70. The number of hydrogen-bond donors (Lipinski definition) is 1. The summed E-state index contributed by atoms with van der Waals surface area (Å²) in [7, 11) is 1.55. The minimum absolute atomic E-state index is 0.0128. The zero-order valence-electron chi connectivity index (χ0n) is 17.5. The maximum atomic E-state index is 13.8. The van der Waals surface area contributed by atoms with E-state index < -0.39 is 0 Å². The Morgan fingerprint density at radius 2 is 2.03 bits per heavy atom. The molecule has 1 amide bonds. The van der Waals surface area contributed by atoms with Crippen LogP contribution in [0.3, 0.4) is 0 Å². The van der Waals surface area contributed by atoms with Crippen LogP contribution in [0.25, 0.3) is 0 Å². The lowest BCUT2D eigenvalue weighted by Gasteiger charge is -2.42. The van der Waals surface area contributed by atoms with E-state index in [1.54, 1.807) is 13.2 Å². The Balaban J connectivity index is 1.40. The van der Waals surface area contributed by atoms with Crippen LogP contribution in [0.15, 0.2) is 18.2 Å². The van der Waals surface area contributed by atoms with Crippen molar-refractivity contribution in [1.82, 2.24) is 10.2 Å². The molecule has 1 aliphatic heterocycles. The zero-order chi connectivity index (χ0) is 20.8. The molecule has 0 bridgehead atoms. The quantitative estimate of drug-likeness (QED) is 0.723. The van der Waals surface area contributed by atoms with Crippen molar-refractivity contribution in [1.29, 1.82) is 0 Å². The molecule has 1 aliphatic carbocycles. The lowest BCUT2D eigenvalue weighted by Crippen LogP contribution is -2.52. The fourth-order valence-electron chi connectivity index (χ4n) is 4.67. The first-order chi connectivity index (χ1) is 14.0. The monoisotopic (exact) mass is 425 g/mol. The van der Waals surface area contributed by atoms with Crippen molar-refractivity contribution in [2.75, 3.05) is 44.8 Å². The third kappa shape index (κ3) is 6.06. The predicted octanol–water partition coefficient (Wildman–Crippen LogP) is 3.70. The molecule has 1 saturated heterocycles. The molecule has 1 heterocycles. The molecule has 0 spiro atoms. The van der Waals surface area contributed by atoms with Gasteiger partial charge in [-0.3, -0.25) is 9.69 Å². The molecule has 0 unspecified atom stereocenters.